The smallest absolute Gasteiger partial charge is 0.330 e. The van der Waals surface area contributed by atoms with Gasteiger partial charge < -0.3 is 14.9 Å². The lowest BCUT2D eigenvalue weighted by atomic mass is 10.3. The minimum Gasteiger partial charge on any atom is -0.394 e. The average molecular weight is 274 g/mol. The summed E-state index contributed by atoms with van der Waals surface area (Å²) >= 11 is 1.55. The number of aliphatic hydroxyl groups is 2. The standard InChI is InChI=1S/C10H14N2O5S/c13-1-6(2-14)17-5-12-8-4-18-3-7(8)9(15)11-10(12)16/h6,13-14H,1-5H2,(H,11,15,16). The second kappa shape index (κ2) is 5.70. The Hall–Kier alpha value is -1.09. The Labute approximate surface area is 106 Å². The molecule has 1 aliphatic rings. The van der Waals surface area contributed by atoms with Crippen molar-refractivity contribution in [3.05, 3.63) is 32.1 Å². The molecule has 18 heavy (non-hydrogen) atoms. The Morgan fingerprint density at radius 1 is 1.33 bits per heavy atom. The van der Waals surface area contributed by atoms with Crippen molar-refractivity contribution in [3.8, 4) is 0 Å². The molecule has 100 valence electrons. The number of thioether (sulfide) groups is 1. The number of nitrogens with zero attached hydrogens (tertiary/aromatic N) is 1. The Kier molecular flexibility index (Phi) is 4.23. The summed E-state index contributed by atoms with van der Waals surface area (Å²) in [6.07, 6.45) is -0.728. The van der Waals surface area contributed by atoms with Gasteiger partial charge in [0.2, 0.25) is 0 Å². The van der Waals surface area contributed by atoms with Gasteiger partial charge in [0.15, 0.2) is 0 Å². The minimum absolute atomic E-state index is 0.0930. The highest BCUT2D eigenvalue weighted by atomic mass is 32.2. The van der Waals surface area contributed by atoms with Gasteiger partial charge in [-0.05, 0) is 0 Å². The quantitative estimate of drug-likeness (QED) is 0.610. The summed E-state index contributed by atoms with van der Waals surface area (Å²) in [5.41, 5.74) is 0.365. The van der Waals surface area contributed by atoms with Crippen molar-refractivity contribution in [3.63, 3.8) is 0 Å². The van der Waals surface area contributed by atoms with Crippen LogP contribution in [0.1, 0.15) is 11.3 Å². The molecule has 8 heteroatoms. The zero-order chi connectivity index (χ0) is 13.1. The molecule has 0 radical (unpaired) electrons. The maximum absolute atomic E-state index is 11.7. The number of hydrogen-bond acceptors (Lipinski definition) is 6. The molecule has 1 aromatic rings. The van der Waals surface area contributed by atoms with E-state index in [0.29, 0.717) is 22.8 Å². The summed E-state index contributed by atoms with van der Waals surface area (Å²) in [4.78, 5) is 25.4. The highest BCUT2D eigenvalue weighted by molar-refractivity contribution is 7.98. The van der Waals surface area contributed by atoms with Crippen molar-refractivity contribution in [2.45, 2.75) is 24.3 Å². The first kappa shape index (κ1) is 13.3. The third kappa shape index (κ3) is 2.51. The Morgan fingerprint density at radius 3 is 2.72 bits per heavy atom. The van der Waals surface area contributed by atoms with Gasteiger partial charge >= 0.3 is 5.69 Å². The van der Waals surface area contributed by atoms with Gasteiger partial charge in [-0.2, -0.15) is 11.8 Å². The molecule has 0 atom stereocenters. The van der Waals surface area contributed by atoms with E-state index < -0.39 is 11.8 Å². The highest BCUT2D eigenvalue weighted by Crippen LogP contribution is 2.25. The van der Waals surface area contributed by atoms with Crippen molar-refractivity contribution in [2.24, 2.45) is 0 Å². The van der Waals surface area contributed by atoms with E-state index in [9.17, 15) is 9.59 Å². The highest BCUT2D eigenvalue weighted by Gasteiger charge is 2.20. The van der Waals surface area contributed by atoms with Crippen LogP contribution in [0.2, 0.25) is 0 Å². The molecule has 0 aromatic carbocycles. The lowest BCUT2D eigenvalue weighted by Gasteiger charge is -2.15. The fraction of sp³-hybridized carbons (Fsp3) is 0.600. The van der Waals surface area contributed by atoms with Gasteiger partial charge in [0.1, 0.15) is 12.8 Å². The maximum atomic E-state index is 11.7. The summed E-state index contributed by atoms with van der Waals surface area (Å²) in [7, 11) is 0. The SMILES string of the molecule is O=c1[nH]c(=O)n(COC(CO)CO)c2c1CSC2. The molecular formula is C10H14N2O5S. The number of aromatic amines is 1. The zero-order valence-electron chi connectivity index (χ0n) is 9.59. The number of fused-ring (bicyclic) bond motifs is 1. The normalized spacial score (nSPS) is 14.2. The lowest BCUT2D eigenvalue weighted by Crippen LogP contribution is -2.36. The van der Waals surface area contributed by atoms with E-state index in [1.807, 2.05) is 0 Å². The first-order valence-electron chi connectivity index (χ1n) is 5.43. The maximum Gasteiger partial charge on any atom is 0.330 e. The van der Waals surface area contributed by atoms with Crippen LogP contribution < -0.4 is 11.2 Å². The first-order valence-corrected chi connectivity index (χ1v) is 6.58. The molecule has 0 amide bonds. The molecule has 0 spiro atoms. The minimum atomic E-state index is -0.728. The number of nitrogens with one attached hydrogen (secondary N) is 1. The fourth-order valence-corrected chi connectivity index (χ4v) is 2.83. The van der Waals surface area contributed by atoms with Gasteiger partial charge in [-0.1, -0.05) is 0 Å². The van der Waals surface area contributed by atoms with E-state index >= 15 is 0 Å². The van der Waals surface area contributed by atoms with Gasteiger partial charge in [0.05, 0.1) is 13.2 Å². The third-order valence-electron chi connectivity index (χ3n) is 2.75. The molecule has 0 unspecified atom stereocenters. The van der Waals surface area contributed by atoms with E-state index in [1.54, 1.807) is 11.8 Å². The zero-order valence-corrected chi connectivity index (χ0v) is 10.4. The fourth-order valence-electron chi connectivity index (χ4n) is 1.70. The number of hydrogen-bond donors (Lipinski definition) is 3. The lowest BCUT2D eigenvalue weighted by molar-refractivity contribution is -0.0519. The number of aromatic nitrogens is 2. The van der Waals surface area contributed by atoms with Gasteiger partial charge in [0.25, 0.3) is 5.56 Å². The largest absolute Gasteiger partial charge is 0.394 e. The second-order valence-electron chi connectivity index (χ2n) is 3.89. The summed E-state index contributed by atoms with van der Waals surface area (Å²) < 4.78 is 6.53. The Balaban J connectivity index is 2.26. The first-order chi connectivity index (χ1) is 8.67. The van der Waals surface area contributed by atoms with Crippen LogP contribution in [-0.4, -0.2) is 39.1 Å². The molecule has 0 bridgehead atoms. The van der Waals surface area contributed by atoms with Crippen molar-refractivity contribution in [2.75, 3.05) is 13.2 Å². The van der Waals surface area contributed by atoms with E-state index in [4.69, 9.17) is 14.9 Å². The molecule has 0 saturated carbocycles. The van der Waals surface area contributed by atoms with Crippen LogP contribution in [0.5, 0.6) is 0 Å². The van der Waals surface area contributed by atoms with Crippen LogP contribution in [0.15, 0.2) is 9.59 Å². The second-order valence-corrected chi connectivity index (χ2v) is 4.87. The van der Waals surface area contributed by atoms with Crippen LogP contribution >= 0.6 is 11.8 Å². The van der Waals surface area contributed by atoms with Crippen LogP contribution in [-0.2, 0) is 23.0 Å². The van der Waals surface area contributed by atoms with E-state index in [2.05, 4.69) is 4.98 Å². The number of aliphatic hydroxyl groups excluding tert-OH is 2. The number of rotatable bonds is 5. The van der Waals surface area contributed by atoms with E-state index in [-0.39, 0.29) is 25.5 Å². The predicted octanol–water partition coefficient (Wildman–Crippen LogP) is -1.39. The molecule has 0 aliphatic carbocycles. The summed E-state index contributed by atoms with van der Waals surface area (Å²) in [5.74, 6) is 1.16. The van der Waals surface area contributed by atoms with Crippen molar-refractivity contribution in [1.82, 2.24) is 9.55 Å². The summed E-state index contributed by atoms with van der Waals surface area (Å²) in [6, 6.07) is 0. The molecular weight excluding hydrogens is 260 g/mol. The van der Waals surface area contributed by atoms with Gasteiger partial charge in [-0.25, -0.2) is 4.79 Å². The van der Waals surface area contributed by atoms with Crippen molar-refractivity contribution < 1.29 is 14.9 Å². The molecule has 0 saturated heterocycles. The number of ether oxygens (including phenoxy) is 1. The third-order valence-corrected chi connectivity index (χ3v) is 3.72. The molecule has 3 N–H and O–H groups in total. The molecule has 7 nitrogen and oxygen atoms in total. The van der Waals surface area contributed by atoms with Crippen molar-refractivity contribution in [1.29, 1.82) is 0 Å². The Bertz CT molecular complexity index is 534. The molecule has 1 aromatic heterocycles. The van der Waals surface area contributed by atoms with Crippen molar-refractivity contribution >= 4 is 11.8 Å². The molecule has 0 fully saturated rings. The van der Waals surface area contributed by atoms with Gasteiger partial charge in [0, 0.05) is 22.8 Å². The molecule has 2 rings (SSSR count). The summed E-state index contributed by atoms with van der Waals surface area (Å²) in [5, 5.41) is 17.8. The average Bonchev–Trinajstić information content (AvgIpc) is 2.83. The topological polar surface area (TPSA) is 105 Å². The van der Waals surface area contributed by atoms with Gasteiger partial charge in [-0.15, -0.1) is 0 Å². The Morgan fingerprint density at radius 2 is 2.06 bits per heavy atom. The van der Waals surface area contributed by atoms with Crippen LogP contribution in [0, 0.1) is 0 Å². The molecule has 1 aliphatic heterocycles. The van der Waals surface area contributed by atoms with Crippen LogP contribution in [0.25, 0.3) is 0 Å². The molecule has 2 heterocycles. The van der Waals surface area contributed by atoms with Crippen LogP contribution in [0.4, 0.5) is 0 Å². The monoisotopic (exact) mass is 274 g/mol. The number of H-pyrrole nitrogens is 1. The van der Waals surface area contributed by atoms with E-state index in [0.717, 1.165) is 0 Å². The van der Waals surface area contributed by atoms with E-state index in [1.165, 1.54) is 4.57 Å². The van der Waals surface area contributed by atoms with Gasteiger partial charge in [-0.3, -0.25) is 14.3 Å². The van der Waals surface area contributed by atoms with Crippen LogP contribution in [0.3, 0.4) is 0 Å². The summed E-state index contributed by atoms with van der Waals surface area (Å²) in [6.45, 7) is -0.749. The predicted molar refractivity (Wildman–Crippen MR) is 65.4 cm³/mol.